The van der Waals surface area contributed by atoms with E-state index in [1.54, 1.807) is 0 Å². The highest BCUT2D eigenvalue weighted by molar-refractivity contribution is 5.95. The fourth-order valence-electron chi connectivity index (χ4n) is 1.71. The summed E-state index contributed by atoms with van der Waals surface area (Å²) >= 11 is 0. The Hall–Kier alpha value is -2.44. The van der Waals surface area contributed by atoms with E-state index >= 15 is 0 Å². The number of carbonyl (C=O) groups excluding carboxylic acids is 2. The molecule has 0 saturated carbocycles. The normalized spacial score (nSPS) is 11.5. The van der Waals surface area contributed by atoms with Gasteiger partial charge in [-0.25, -0.2) is 0 Å². The minimum atomic E-state index is -0.623. The zero-order valence-electron chi connectivity index (χ0n) is 13.3. The van der Waals surface area contributed by atoms with E-state index < -0.39 is 5.91 Å². The van der Waals surface area contributed by atoms with Gasteiger partial charge in [0.25, 0.3) is 11.8 Å². The first-order valence-corrected chi connectivity index (χ1v) is 6.90. The molecule has 7 nitrogen and oxygen atoms in total. The number of primary amides is 1. The maximum Gasteiger partial charge on any atom is 0.255 e. The zero-order valence-corrected chi connectivity index (χ0v) is 13.3. The van der Waals surface area contributed by atoms with Crippen LogP contribution in [0.1, 0.15) is 30.6 Å². The second kappa shape index (κ2) is 8.11. The standard InChI is InChI=1S/C15H22N2O5/c1-5-9(2)17-15(19)10-6-11(20-3)14(12(7-10)21-4)22-8-13(16)18/h6-7,9H,5,8H2,1-4H3,(H2,16,18)(H,17,19). The van der Waals surface area contributed by atoms with Gasteiger partial charge < -0.3 is 25.3 Å². The van der Waals surface area contributed by atoms with Crippen molar-refractivity contribution < 1.29 is 23.8 Å². The van der Waals surface area contributed by atoms with Crippen LogP contribution in [0.5, 0.6) is 17.2 Å². The van der Waals surface area contributed by atoms with Crippen molar-refractivity contribution in [2.45, 2.75) is 26.3 Å². The van der Waals surface area contributed by atoms with Crippen molar-refractivity contribution in [2.75, 3.05) is 20.8 Å². The van der Waals surface area contributed by atoms with Crippen molar-refractivity contribution in [3.63, 3.8) is 0 Å². The van der Waals surface area contributed by atoms with Gasteiger partial charge in [0.2, 0.25) is 5.75 Å². The Morgan fingerprint density at radius 2 is 1.77 bits per heavy atom. The molecule has 0 heterocycles. The zero-order chi connectivity index (χ0) is 16.7. The number of carbonyl (C=O) groups is 2. The number of ether oxygens (including phenoxy) is 3. The molecule has 1 rings (SSSR count). The summed E-state index contributed by atoms with van der Waals surface area (Å²) in [5.41, 5.74) is 5.44. The topological polar surface area (TPSA) is 99.9 Å². The maximum absolute atomic E-state index is 12.2. The van der Waals surface area contributed by atoms with Crippen LogP contribution in [0.15, 0.2) is 12.1 Å². The molecule has 0 bridgehead atoms. The molecule has 0 aliphatic heterocycles. The van der Waals surface area contributed by atoms with E-state index in [1.807, 2.05) is 13.8 Å². The van der Waals surface area contributed by atoms with Gasteiger partial charge in [0.05, 0.1) is 14.2 Å². The minimum Gasteiger partial charge on any atom is -0.493 e. The number of hydrogen-bond donors (Lipinski definition) is 2. The summed E-state index contributed by atoms with van der Waals surface area (Å²) in [7, 11) is 2.87. The first kappa shape index (κ1) is 17.6. The smallest absolute Gasteiger partial charge is 0.255 e. The van der Waals surface area contributed by atoms with Crippen LogP contribution in [0, 0.1) is 0 Å². The molecule has 1 atom stereocenters. The molecule has 7 heteroatoms. The van der Waals surface area contributed by atoms with Gasteiger partial charge in [0, 0.05) is 11.6 Å². The summed E-state index contributed by atoms with van der Waals surface area (Å²) in [6.07, 6.45) is 0.819. The Balaban J connectivity index is 3.12. The summed E-state index contributed by atoms with van der Waals surface area (Å²) < 4.78 is 15.7. The molecule has 0 fully saturated rings. The maximum atomic E-state index is 12.2. The van der Waals surface area contributed by atoms with Crippen LogP contribution in [0.2, 0.25) is 0 Å². The van der Waals surface area contributed by atoms with Crippen LogP contribution in [0.3, 0.4) is 0 Å². The van der Waals surface area contributed by atoms with Crippen molar-refractivity contribution >= 4 is 11.8 Å². The van der Waals surface area contributed by atoms with Crippen molar-refractivity contribution in [2.24, 2.45) is 5.73 Å². The predicted octanol–water partition coefficient (Wildman–Crippen LogP) is 1.10. The van der Waals surface area contributed by atoms with Gasteiger partial charge in [-0.15, -0.1) is 0 Å². The number of amides is 2. The van der Waals surface area contributed by atoms with Gasteiger partial charge in [0.1, 0.15) is 0 Å². The molecular weight excluding hydrogens is 288 g/mol. The summed E-state index contributed by atoms with van der Waals surface area (Å²) in [6, 6.07) is 3.10. The molecule has 0 spiro atoms. The third-order valence-electron chi connectivity index (χ3n) is 3.07. The van der Waals surface area contributed by atoms with E-state index in [1.165, 1.54) is 26.4 Å². The van der Waals surface area contributed by atoms with Crippen LogP contribution in [0.4, 0.5) is 0 Å². The minimum absolute atomic E-state index is 0.0512. The summed E-state index contributed by atoms with van der Waals surface area (Å²) in [5.74, 6) is -0.0659. The van der Waals surface area contributed by atoms with Gasteiger partial charge in [-0.3, -0.25) is 9.59 Å². The average Bonchev–Trinajstić information content (AvgIpc) is 2.51. The Kier molecular flexibility index (Phi) is 6.49. The Bertz CT molecular complexity index is 520. The molecule has 0 aliphatic carbocycles. The largest absolute Gasteiger partial charge is 0.493 e. The van der Waals surface area contributed by atoms with Crippen molar-refractivity contribution in [1.82, 2.24) is 5.32 Å². The molecule has 3 N–H and O–H groups in total. The lowest BCUT2D eigenvalue weighted by Gasteiger charge is -2.16. The molecule has 1 aromatic carbocycles. The van der Waals surface area contributed by atoms with Gasteiger partial charge in [-0.2, -0.15) is 0 Å². The first-order valence-electron chi connectivity index (χ1n) is 6.90. The van der Waals surface area contributed by atoms with E-state index in [9.17, 15) is 9.59 Å². The first-order chi connectivity index (χ1) is 10.4. The lowest BCUT2D eigenvalue weighted by atomic mass is 10.1. The molecule has 1 aromatic rings. The van der Waals surface area contributed by atoms with Crippen LogP contribution >= 0.6 is 0 Å². The van der Waals surface area contributed by atoms with E-state index in [-0.39, 0.29) is 35.8 Å². The van der Waals surface area contributed by atoms with Crippen LogP contribution < -0.4 is 25.3 Å². The third-order valence-corrected chi connectivity index (χ3v) is 3.07. The molecule has 1 unspecified atom stereocenters. The van der Waals surface area contributed by atoms with Gasteiger partial charge in [0.15, 0.2) is 18.1 Å². The SMILES string of the molecule is CCC(C)NC(=O)c1cc(OC)c(OCC(N)=O)c(OC)c1. The average molecular weight is 310 g/mol. The van der Waals surface area contributed by atoms with Crippen molar-refractivity contribution in [3.05, 3.63) is 17.7 Å². The molecule has 0 aromatic heterocycles. The second-order valence-corrected chi connectivity index (χ2v) is 4.75. The van der Waals surface area contributed by atoms with E-state index in [4.69, 9.17) is 19.9 Å². The fraction of sp³-hybridized carbons (Fsp3) is 0.467. The van der Waals surface area contributed by atoms with Gasteiger partial charge in [-0.05, 0) is 25.5 Å². The van der Waals surface area contributed by atoms with E-state index in [2.05, 4.69) is 5.32 Å². The Morgan fingerprint density at radius 3 is 2.18 bits per heavy atom. The molecule has 0 saturated heterocycles. The number of benzene rings is 1. The lowest BCUT2D eigenvalue weighted by Crippen LogP contribution is -2.32. The van der Waals surface area contributed by atoms with Crippen LogP contribution in [0.25, 0.3) is 0 Å². The Labute approximate surface area is 129 Å². The molecular formula is C15H22N2O5. The quantitative estimate of drug-likeness (QED) is 0.749. The highest BCUT2D eigenvalue weighted by Crippen LogP contribution is 2.38. The number of nitrogens with one attached hydrogen (secondary N) is 1. The molecule has 0 radical (unpaired) electrons. The summed E-state index contributed by atoms with van der Waals surface area (Å²) in [4.78, 5) is 23.0. The summed E-state index contributed by atoms with van der Waals surface area (Å²) in [5, 5.41) is 2.85. The van der Waals surface area contributed by atoms with Gasteiger partial charge >= 0.3 is 0 Å². The monoisotopic (exact) mass is 310 g/mol. The molecule has 122 valence electrons. The third kappa shape index (κ3) is 4.54. The Morgan fingerprint density at radius 1 is 1.23 bits per heavy atom. The second-order valence-electron chi connectivity index (χ2n) is 4.75. The number of rotatable bonds is 8. The molecule has 22 heavy (non-hydrogen) atoms. The fourth-order valence-corrected chi connectivity index (χ4v) is 1.71. The van der Waals surface area contributed by atoms with E-state index in [0.29, 0.717) is 5.56 Å². The highest BCUT2D eigenvalue weighted by atomic mass is 16.5. The van der Waals surface area contributed by atoms with Crippen LogP contribution in [-0.2, 0) is 4.79 Å². The van der Waals surface area contributed by atoms with Crippen molar-refractivity contribution in [1.29, 1.82) is 0 Å². The highest BCUT2D eigenvalue weighted by Gasteiger charge is 2.19. The predicted molar refractivity (Wildman–Crippen MR) is 81.5 cm³/mol. The van der Waals surface area contributed by atoms with E-state index in [0.717, 1.165) is 6.42 Å². The van der Waals surface area contributed by atoms with Gasteiger partial charge in [-0.1, -0.05) is 6.92 Å². The lowest BCUT2D eigenvalue weighted by molar-refractivity contribution is -0.120. The molecule has 0 aliphatic rings. The van der Waals surface area contributed by atoms with Crippen molar-refractivity contribution in [3.8, 4) is 17.2 Å². The number of hydrogen-bond acceptors (Lipinski definition) is 5. The number of nitrogens with two attached hydrogens (primary N) is 1. The summed E-state index contributed by atoms with van der Waals surface area (Å²) in [6.45, 7) is 3.58. The number of methoxy groups -OCH3 is 2. The molecule has 2 amide bonds. The van der Waals surface area contributed by atoms with Crippen LogP contribution in [-0.4, -0.2) is 38.7 Å².